The van der Waals surface area contributed by atoms with E-state index in [0.717, 1.165) is 19.3 Å². The number of hydrogen-bond donors (Lipinski definition) is 0. The lowest BCUT2D eigenvalue weighted by Gasteiger charge is -2.34. The highest BCUT2D eigenvalue weighted by atomic mass is 19.1. The summed E-state index contributed by atoms with van der Waals surface area (Å²) < 4.78 is 16.8. The van der Waals surface area contributed by atoms with Crippen LogP contribution in [-0.2, 0) is 6.54 Å². The fourth-order valence-electron chi connectivity index (χ4n) is 2.89. The van der Waals surface area contributed by atoms with Gasteiger partial charge in [0.25, 0.3) is 0 Å². The zero-order valence-electron chi connectivity index (χ0n) is 11.8. The Kier molecular flexibility index (Phi) is 3.17. The summed E-state index contributed by atoms with van der Waals surface area (Å²) in [6, 6.07) is 8.53. The summed E-state index contributed by atoms with van der Waals surface area (Å²) in [6.07, 6.45) is 4.36. The van der Waals surface area contributed by atoms with E-state index < -0.39 is 11.2 Å². The molecule has 1 aliphatic rings. The topological polar surface area (TPSA) is 50.7 Å². The summed E-state index contributed by atoms with van der Waals surface area (Å²) in [5.41, 5.74) is 0.188. The number of hydrogen-bond acceptors (Lipinski definition) is 2. The van der Waals surface area contributed by atoms with Crippen molar-refractivity contribution in [2.75, 3.05) is 0 Å². The maximum Gasteiger partial charge on any atom is 0.333 e. The van der Waals surface area contributed by atoms with E-state index in [0.29, 0.717) is 12.2 Å². The van der Waals surface area contributed by atoms with Crippen LogP contribution in [0.5, 0.6) is 0 Å². The molecule has 0 N–H and O–H groups in total. The molecule has 3 rings (SSSR count). The molecule has 1 aromatic heterocycles. The van der Waals surface area contributed by atoms with Crippen LogP contribution in [0.25, 0.3) is 5.69 Å². The molecule has 0 saturated heterocycles. The lowest BCUT2D eigenvalue weighted by Crippen LogP contribution is -2.36. The van der Waals surface area contributed by atoms with Crippen LogP contribution in [-0.4, -0.2) is 9.13 Å². The number of aromatic nitrogens is 2. The summed E-state index contributed by atoms with van der Waals surface area (Å²) in [5.74, 6) is -0.431. The van der Waals surface area contributed by atoms with Crippen molar-refractivity contribution in [3.8, 4) is 11.8 Å². The van der Waals surface area contributed by atoms with Crippen molar-refractivity contribution in [1.82, 2.24) is 9.13 Å². The monoisotopic (exact) mass is 285 g/mol. The number of nitriles is 1. The van der Waals surface area contributed by atoms with Crippen LogP contribution in [0, 0.1) is 29.5 Å². The van der Waals surface area contributed by atoms with Gasteiger partial charge in [-0.05, 0) is 31.9 Å². The Morgan fingerprint density at radius 2 is 2.10 bits per heavy atom. The SMILES string of the molecule is Cc1cn(CC2(C#N)CCC2)c(=O)n1-c1ccccc1F. The van der Waals surface area contributed by atoms with E-state index in [4.69, 9.17) is 0 Å². The van der Waals surface area contributed by atoms with Crippen molar-refractivity contribution in [2.24, 2.45) is 5.41 Å². The minimum atomic E-state index is -0.433. The minimum Gasteiger partial charge on any atom is -0.297 e. The number of halogens is 1. The molecule has 0 radical (unpaired) electrons. The number of aryl methyl sites for hydroxylation is 1. The number of benzene rings is 1. The molecule has 0 unspecified atom stereocenters. The second-order valence-corrected chi connectivity index (χ2v) is 5.71. The van der Waals surface area contributed by atoms with Crippen LogP contribution in [0.2, 0.25) is 0 Å². The molecule has 21 heavy (non-hydrogen) atoms. The quantitative estimate of drug-likeness (QED) is 0.870. The predicted octanol–water partition coefficient (Wildman–Crippen LogP) is 2.78. The van der Waals surface area contributed by atoms with Crippen molar-refractivity contribution in [3.05, 3.63) is 52.5 Å². The average molecular weight is 285 g/mol. The van der Waals surface area contributed by atoms with Gasteiger partial charge in [0, 0.05) is 18.4 Å². The fourth-order valence-corrected chi connectivity index (χ4v) is 2.89. The van der Waals surface area contributed by atoms with Crippen molar-refractivity contribution < 1.29 is 4.39 Å². The highest BCUT2D eigenvalue weighted by molar-refractivity contribution is 5.35. The Bertz CT molecular complexity index is 778. The fraction of sp³-hybridized carbons (Fsp3) is 0.375. The maximum atomic E-state index is 13.9. The second kappa shape index (κ2) is 4.88. The van der Waals surface area contributed by atoms with E-state index in [2.05, 4.69) is 6.07 Å². The van der Waals surface area contributed by atoms with E-state index in [1.54, 1.807) is 31.3 Å². The number of rotatable bonds is 3. The Hall–Kier alpha value is -2.35. The van der Waals surface area contributed by atoms with Crippen LogP contribution >= 0.6 is 0 Å². The standard InChI is InChI=1S/C16H16FN3O/c1-12-9-19(11-16(10-18)7-4-8-16)15(21)20(12)14-6-3-2-5-13(14)17/h2-3,5-6,9H,4,7-8,11H2,1H3. The third-order valence-corrected chi connectivity index (χ3v) is 4.25. The van der Waals surface area contributed by atoms with Gasteiger partial charge < -0.3 is 0 Å². The molecule has 4 nitrogen and oxygen atoms in total. The first-order valence-corrected chi connectivity index (χ1v) is 7.01. The molecule has 0 atom stereocenters. The van der Waals surface area contributed by atoms with Gasteiger partial charge in [-0.25, -0.2) is 9.18 Å². The highest BCUT2D eigenvalue weighted by Gasteiger charge is 2.38. The minimum absolute atomic E-state index is 0.248. The van der Waals surface area contributed by atoms with Crippen molar-refractivity contribution >= 4 is 0 Å². The van der Waals surface area contributed by atoms with E-state index >= 15 is 0 Å². The molecule has 1 heterocycles. The van der Waals surface area contributed by atoms with Crippen LogP contribution in [0.15, 0.2) is 35.3 Å². The van der Waals surface area contributed by atoms with E-state index in [1.807, 2.05) is 0 Å². The van der Waals surface area contributed by atoms with Gasteiger partial charge in [0.05, 0.1) is 17.2 Å². The Morgan fingerprint density at radius 1 is 1.38 bits per heavy atom. The van der Waals surface area contributed by atoms with Gasteiger partial charge in [0.15, 0.2) is 0 Å². The normalized spacial score (nSPS) is 16.2. The Labute approximate surface area is 122 Å². The summed E-state index contributed by atoms with van der Waals surface area (Å²) in [5, 5.41) is 9.29. The number of imidazole rings is 1. The average Bonchev–Trinajstić information content (AvgIpc) is 2.70. The molecule has 2 aromatic rings. The molecular formula is C16H16FN3O. The Morgan fingerprint density at radius 3 is 2.67 bits per heavy atom. The van der Waals surface area contributed by atoms with Crippen LogP contribution in [0.4, 0.5) is 4.39 Å². The van der Waals surface area contributed by atoms with Gasteiger partial charge in [0.1, 0.15) is 5.82 Å². The van der Waals surface area contributed by atoms with Crippen LogP contribution < -0.4 is 5.69 Å². The van der Waals surface area contributed by atoms with Gasteiger partial charge in [-0.15, -0.1) is 0 Å². The zero-order chi connectivity index (χ0) is 15.0. The third kappa shape index (κ3) is 2.17. The van der Waals surface area contributed by atoms with Crippen molar-refractivity contribution in [1.29, 1.82) is 5.26 Å². The summed E-state index contributed by atoms with van der Waals surface area (Å²) >= 11 is 0. The van der Waals surface area contributed by atoms with Crippen molar-refractivity contribution in [3.63, 3.8) is 0 Å². The smallest absolute Gasteiger partial charge is 0.297 e. The van der Waals surface area contributed by atoms with Crippen LogP contribution in [0.3, 0.4) is 0 Å². The molecule has 0 aliphatic heterocycles. The van der Waals surface area contributed by atoms with Gasteiger partial charge >= 0.3 is 5.69 Å². The summed E-state index contributed by atoms with van der Waals surface area (Å²) in [6.45, 7) is 2.15. The molecule has 0 bridgehead atoms. The molecule has 1 fully saturated rings. The van der Waals surface area contributed by atoms with E-state index in [-0.39, 0.29) is 11.4 Å². The first-order chi connectivity index (χ1) is 10.1. The summed E-state index contributed by atoms with van der Waals surface area (Å²) in [4.78, 5) is 12.5. The molecule has 1 aliphatic carbocycles. The molecule has 1 aromatic carbocycles. The molecular weight excluding hydrogens is 269 g/mol. The zero-order valence-corrected chi connectivity index (χ0v) is 11.8. The largest absolute Gasteiger partial charge is 0.333 e. The molecule has 5 heteroatoms. The lowest BCUT2D eigenvalue weighted by atomic mass is 9.70. The third-order valence-electron chi connectivity index (χ3n) is 4.25. The lowest BCUT2D eigenvalue weighted by molar-refractivity contribution is 0.179. The number of para-hydroxylation sites is 1. The van der Waals surface area contributed by atoms with E-state index in [9.17, 15) is 14.4 Å². The van der Waals surface area contributed by atoms with Gasteiger partial charge in [-0.2, -0.15) is 5.26 Å². The molecule has 1 saturated carbocycles. The molecule has 0 spiro atoms. The number of nitrogens with zero attached hydrogens (tertiary/aromatic N) is 3. The highest BCUT2D eigenvalue weighted by Crippen LogP contribution is 2.41. The second-order valence-electron chi connectivity index (χ2n) is 5.71. The molecule has 0 amide bonds. The maximum absolute atomic E-state index is 13.9. The van der Waals surface area contributed by atoms with Gasteiger partial charge in [-0.1, -0.05) is 18.6 Å². The Balaban J connectivity index is 2.04. The van der Waals surface area contributed by atoms with Crippen LogP contribution in [0.1, 0.15) is 25.0 Å². The molecule has 108 valence electrons. The van der Waals surface area contributed by atoms with Gasteiger partial charge in [-0.3, -0.25) is 9.13 Å². The van der Waals surface area contributed by atoms with E-state index in [1.165, 1.54) is 15.2 Å². The first kappa shape index (κ1) is 13.6. The predicted molar refractivity (Wildman–Crippen MR) is 76.6 cm³/mol. The van der Waals surface area contributed by atoms with Gasteiger partial charge in [0.2, 0.25) is 0 Å². The first-order valence-electron chi connectivity index (χ1n) is 7.01. The van der Waals surface area contributed by atoms with Crippen molar-refractivity contribution in [2.45, 2.75) is 32.7 Å². The summed E-state index contributed by atoms with van der Waals surface area (Å²) in [7, 11) is 0.